The molecule has 2 N–H and O–H groups in total. The van der Waals surface area contributed by atoms with E-state index in [1.165, 1.54) is 128 Å². The maximum Gasteiger partial charge on any atom is 0.306 e. The third-order valence-electron chi connectivity index (χ3n) is 9.04. The van der Waals surface area contributed by atoms with Crippen molar-refractivity contribution in [2.45, 2.75) is 212 Å². The van der Waals surface area contributed by atoms with Crippen LogP contribution >= 0.6 is 0 Å². The number of ether oxygens (including phenoxy) is 2. The molecule has 0 heterocycles. The van der Waals surface area contributed by atoms with Crippen LogP contribution < -0.4 is 0 Å². The number of allylic oxidation sites excluding steroid dienone is 5. The minimum Gasteiger partial charge on any atom is -0.462 e. The van der Waals surface area contributed by atoms with Gasteiger partial charge in [-0.15, -0.1) is 0 Å². The molecule has 0 aliphatic heterocycles. The second-order valence-corrected chi connectivity index (χ2v) is 13.9. The van der Waals surface area contributed by atoms with E-state index in [0.717, 1.165) is 32.1 Å². The number of unbranched alkanes of at least 4 members (excludes halogenated alkanes) is 22. The first-order chi connectivity index (χ1) is 24.0. The van der Waals surface area contributed by atoms with Crippen LogP contribution in [0.15, 0.2) is 36.5 Å². The van der Waals surface area contributed by atoms with Gasteiger partial charge in [0.1, 0.15) is 6.61 Å². The van der Waals surface area contributed by atoms with Gasteiger partial charge < -0.3 is 19.7 Å². The van der Waals surface area contributed by atoms with Gasteiger partial charge in [0.05, 0.1) is 12.7 Å². The molecule has 1 unspecified atom stereocenters. The molecule has 0 rings (SSSR count). The Balaban J connectivity index is 3.70. The van der Waals surface area contributed by atoms with Crippen molar-refractivity contribution >= 4 is 11.9 Å². The summed E-state index contributed by atoms with van der Waals surface area (Å²) in [5, 5.41) is 19.7. The molecule has 0 fully saturated rings. The van der Waals surface area contributed by atoms with E-state index < -0.39 is 24.8 Å². The summed E-state index contributed by atoms with van der Waals surface area (Å²) in [4.78, 5) is 24.3. The van der Waals surface area contributed by atoms with E-state index in [1.807, 2.05) is 12.2 Å². The van der Waals surface area contributed by atoms with Crippen LogP contribution in [-0.2, 0) is 19.1 Å². The van der Waals surface area contributed by atoms with E-state index >= 15 is 0 Å². The third-order valence-corrected chi connectivity index (χ3v) is 9.04. The van der Waals surface area contributed by atoms with Crippen LogP contribution in [0.5, 0.6) is 0 Å². The van der Waals surface area contributed by atoms with Crippen molar-refractivity contribution < 1.29 is 29.3 Å². The molecule has 0 amide bonds. The van der Waals surface area contributed by atoms with Crippen molar-refractivity contribution in [2.24, 2.45) is 0 Å². The molecule has 0 bridgehead atoms. The standard InChI is InChI=1S/C43H78O6/c1-3-5-7-9-11-13-15-17-18-19-20-22-24-26-28-30-32-36-42(46)48-39-41(38-44)49-43(47)37-33-35-40(45)34-31-29-27-25-23-21-16-14-12-10-8-6-4-2/h21,23,27,29,31,34,40-41,44-45H,3-20,22,24-26,28,30,32-33,35-39H2,1-2H3/b23-21+,29-27+,34-31+/t40?,41-/m0/s1. The van der Waals surface area contributed by atoms with Crippen LogP contribution in [0, 0.1) is 0 Å². The van der Waals surface area contributed by atoms with Crippen LogP contribution in [0.3, 0.4) is 0 Å². The zero-order valence-electron chi connectivity index (χ0n) is 32.1. The van der Waals surface area contributed by atoms with Gasteiger partial charge in [0.25, 0.3) is 0 Å². The van der Waals surface area contributed by atoms with Crippen molar-refractivity contribution in [3.63, 3.8) is 0 Å². The molecule has 0 saturated carbocycles. The molecular formula is C43H78O6. The molecule has 286 valence electrons. The lowest BCUT2D eigenvalue weighted by Crippen LogP contribution is -2.28. The summed E-state index contributed by atoms with van der Waals surface area (Å²) in [6.07, 6.45) is 43.8. The largest absolute Gasteiger partial charge is 0.462 e. The lowest BCUT2D eigenvalue weighted by atomic mass is 10.0. The topological polar surface area (TPSA) is 93.1 Å². The normalized spacial score (nSPS) is 13.1. The highest BCUT2D eigenvalue weighted by atomic mass is 16.6. The number of hydrogen-bond donors (Lipinski definition) is 2. The molecule has 0 saturated heterocycles. The van der Waals surface area contributed by atoms with Gasteiger partial charge in [0.2, 0.25) is 0 Å². The number of carbonyl (C=O) groups excluding carboxylic acids is 2. The van der Waals surface area contributed by atoms with Gasteiger partial charge in [-0.2, -0.15) is 0 Å². The summed E-state index contributed by atoms with van der Waals surface area (Å²) in [6.45, 7) is 3.98. The second-order valence-electron chi connectivity index (χ2n) is 13.9. The first-order valence-electron chi connectivity index (χ1n) is 20.7. The summed E-state index contributed by atoms with van der Waals surface area (Å²) in [6, 6.07) is 0. The molecule has 0 aliphatic carbocycles. The molecule has 0 aromatic carbocycles. The molecule has 6 heteroatoms. The fraction of sp³-hybridized carbons (Fsp3) is 0.814. The van der Waals surface area contributed by atoms with Crippen LogP contribution in [0.4, 0.5) is 0 Å². The van der Waals surface area contributed by atoms with Crippen molar-refractivity contribution in [3.8, 4) is 0 Å². The van der Waals surface area contributed by atoms with Crippen LogP contribution in [-0.4, -0.2) is 47.6 Å². The highest BCUT2D eigenvalue weighted by molar-refractivity contribution is 5.70. The first-order valence-corrected chi connectivity index (χ1v) is 20.7. The van der Waals surface area contributed by atoms with E-state index in [2.05, 4.69) is 32.1 Å². The Labute approximate surface area is 302 Å². The van der Waals surface area contributed by atoms with E-state index in [1.54, 1.807) is 6.08 Å². The van der Waals surface area contributed by atoms with E-state index in [0.29, 0.717) is 19.3 Å². The highest BCUT2D eigenvalue weighted by Crippen LogP contribution is 2.15. The Morgan fingerprint density at radius 1 is 0.571 bits per heavy atom. The molecule has 0 aromatic heterocycles. The number of carbonyl (C=O) groups is 2. The monoisotopic (exact) mass is 691 g/mol. The summed E-state index contributed by atoms with van der Waals surface area (Å²) >= 11 is 0. The van der Waals surface area contributed by atoms with E-state index in [4.69, 9.17) is 9.47 Å². The Morgan fingerprint density at radius 3 is 1.59 bits per heavy atom. The lowest BCUT2D eigenvalue weighted by molar-refractivity contribution is -0.161. The molecule has 49 heavy (non-hydrogen) atoms. The number of hydrogen-bond acceptors (Lipinski definition) is 6. The summed E-state index contributed by atoms with van der Waals surface area (Å²) in [5.41, 5.74) is 0. The van der Waals surface area contributed by atoms with Crippen LogP contribution in [0.2, 0.25) is 0 Å². The Kier molecular flexibility index (Phi) is 37.4. The molecule has 0 radical (unpaired) electrons. The SMILES string of the molecule is CCCCCCCC/C=C/C/C=C/C=C/C(O)CCCC(=O)O[C@@H](CO)COC(=O)CCCCCCCCCCCCCCCCCCC. The molecule has 0 spiro atoms. The summed E-state index contributed by atoms with van der Waals surface area (Å²) in [5.74, 6) is -0.782. The molecule has 2 atom stereocenters. The number of aliphatic hydroxyl groups is 2. The van der Waals surface area contributed by atoms with Gasteiger partial charge in [-0.3, -0.25) is 9.59 Å². The Bertz CT molecular complexity index is 804. The zero-order chi connectivity index (χ0) is 35.9. The van der Waals surface area contributed by atoms with Crippen molar-refractivity contribution in [1.29, 1.82) is 0 Å². The fourth-order valence-electron chi connectivity index (χ4n) is 5.86. The first kappa shape index (κ1) is 47.1. The predicted molar refractivity (Wildman–Crippen MR) is 207 cm³/mol. The second kappa shape index (κ2) is 38.9. The van der Waals surface area contributed by atoms with Gasteiger partial charge in [0.15, 0.2) is 6.10 Å². The maximum absolute atomic E-state index is 12.2. The van der Waals surface area contributed by atoms with Gasteiger partial charge >= 0.3 is 11.9 Å². The van der Waals surface area contributed by atoms with E-state index in [-0.39, 0.29) is 19.0 Å². The predicted octanol–water partition coefficient (Wildman–Crippen LogP) is 11.8. The smallest absolute Gasteiger partial charge is 0.306 e. The summed E-state index contributed by atoms with van der Waals surface area (Å²) < 4.78 is 10.5. The minimum absolute atomic E-state index is 0.133. The average Bonchev–Trinajstić information content (AvgIpc) is 3.10. The molecular weight excluding hydrogens is 612 g/mol. The Morgan fingerprint density at radius 2 is 1.06 bits per heavy atom. The third kappa shape index (κ3) is 37.2. The number of aliphatic hydroxyl groups excluding tert-OH is 2. The van der Waals surface area contributed by atoms with Crippen molar-refractivity contribution in [2.75, 3.05) is 13.2 Å². The molecule has 0 aromatic rings. The maximum atomic E-state index is 12.2. The highest BCUT2D eigenvalue weighted by Gasteiger charge is 2.16. The van der Waals surface area contributed by atoms with Crippen molar-refractivity contribution in [3.05, 3.63) is 36.5 Å². The molecule has 0 aliphatic rings. The Hall–Kier alpha value is -1.92. The number of rotatable bonds is 37. The van der Waals surface area contributed by atoms with E-state index in [9.17, 15) is 19.8 Å². The molecule has 6 nitrogen and oxygen atoms in total. The zero-order valence-corrected chi connectivity index (χ0v) is 32.1. The quantitative estimate of drug-likeness (QED) is 0.0292. The van der Waals surface area contributed by atoms with Crippen LogP contribution in [0.25, 0.3) is 0 Å². The van der Waals surface area contributed by atoms with Gasteiger partial charge in [-0.25, -0.2) is 0 Å². The summed E-state index contributed by atoms with van der Waals surface area (Å²) in [7, 11) is 0. The number of esters is 2. The van der Waals surface area contributed by atoms with Gasteiger partial charge in [-0.1, -0.05) is 185 Å². The van der Waals surface area contributed by atoms with Gasteiger partial charge in [0, 0.05) is 12.8 Å². The average molecular weight is 691 g/mol. The fourth-order valence-corrected chi connectivity index (χ4v) is 5.86. The van der Waals surface area contributed by atoms with Crippen molar-refractivity contribution in [1.82, 2.24) is 0 Å². The van der Waals surface area contributed by atoms with Gasteiger partial charge in [-0.05, 0) is 38.5 Å². The van der Waals surface area contributed by atoms with Crippen LogP contribution in [0.1, 0.15) is 200 Å². The minimum atomic E-state index is -0.859. The lowest BCUT2D eigenvalue weighted by Gasteiger charge is -2.16.